The van der Waals surface area contributed by atoms with Crippen LogP contribution < -0.4 is 0 Å². The molecule has 3 heteroatoms. The van der Waals surface area contributed by atoms with Gasteiger partial charge >= 0.3 is 5.97 Å². The van der Waals surface area contributed by atoms with E-state index in [0.29, 0.717) is 33.8 Å². The monoisotopic (exact) mass is 428 g/mol. The zero-order valence-corrected chi connectivity index (χ0v) is 20.5. The highest BCUT2D eigenvalue weighted by Gasteiger charge is 2.77. The predicted octanol–water partition coefficient (Wildman–Crippen LogP) is 6.72. The number of carbonyl (C=O) groups is 1. The van der Waals surface area contributed by atoms with E-state index in [-0.39, 0.29) is 0 Å². The summed E-state index contributed by atoms with van der Waals surface area (Å²) in [6.07, 6.45) is 15.7. The van der Waals surface area contributed by atoms with Crippen LogP contribution in [0.3, 0.4) is 0 Å². The molecule has 0 unspecified atom stereocenters. The summed E-state index contributed by atoms with van der Waals surface area (Å²) in [5.74, 6) is 4.27. The van der Waals surface area contributed by atoms with Crippen molar-refractivity contribution < 1.29 is 14.6 Å². The van der Waals surface area contributed by atoms with Gasteiger partial charge in [0.25, 0.3) is 0 Å². The summed E-state index contributed by atoms with van der Waals surface area (Å²) >= 11 is 0. The van der Waals surface area contributed by atoms with Gasteiger partial charge < -0.3 is 9.84 Å². The Morgan fingerprint density at radius 2 is 1.94 bits per heavy atom. The van der Waals surface area contributed by atoms with Crippen LogP contribution in [0.5, 0.6) is 0 Å². The van der Waals surface area contributed by atoms with E-state index in [9.17, 15) is 4.79 Å². The molecule has 0 aromatic carbocycles. The van der Waals surface area contributed by atoms with E-state index in [1.54, 1.807) is 6.92 Å². The van der Waals surface area contributed by atoms with E-state index < -0.39 is 5.97 Å². The molecule has 0 bridgehead atoms. The van der Waals surface area contributed by atoms with Crippen molar-refractivity contribution >= 4 is 5.97 Å². The molecule has 5 saturated carbocycles. The molecule has 0 amide bonds. The Balaban J connectivity index is 1.33. The van der Waals surface area contributed by atoms with E-state index >= 15 is 0 Å². The van der Waals surface area contributed by atoms with Gasteiger partial charge in [0.1, 0.15) is 0 Å². The van der Waals surface area contributed by atoms with E-state index in [1.807, 2.05) is 13.2 Å². The quantitative estimate of drug-likeness (QED) is 0.478. The highest BCUT2D eigenvalue weighted by molar-refractivity contribution is 5.85. The minimum Gasteiger partial charge on any atom is -0.478 e. The van der Waals surface area contributed by atoms with Crippen LogP contribution in [0.1, 0.15) is 91.9 Å². The second kappa shape index (κ2) is 7.34. The number of methoxy groups -OCH3 is 1. The van der Waals surface area contributed by atoms with E-state index in [0.717, 1.165) is 42.4 Å². The average molecular weight is 429 g/mol. The zero-order chi connectivity index (χ0) is 22.2. The van der Waals surface area contributed by atoms with Crippen LogP contribution in [0, 0.1) is 51.8 Å². The van der Waals surface area contributed by atoms with Crippen LogP contribution in [0.25, 0.3) is 0 Å². The molecule has 0 heterocycles. The smallest absolute Gasteiger partial charge is 0.330 e. The standard InChI is InChI=1S/C28H44O3/c1-17(7-6-8-18(2)25(29)30)21-9-10-22-20-15-24(31-5)28-16-19(28)11-14-27(28,4)23(20)12-13-26(21,22)3/h8,17,19-24H,6-7,9-16H2,1-5H3,(H,29,30)/b18-8+/t17-,19-,20+,21-,22+,23+,24-,26-,27-,28+/m1/s1. The second-order valence-electron chi connectivity index (χ2n) is 12.7. The first-order valence-electron chi connectivity index (χ1n) is 13.1. The third kappa shape index (κ3) is 2.90. The maximum Gasteiger partial charge on any atom is 0.330 e. The Labute approximate surface area is 189 Å². The second-order valence-corrected chi connectivity index (χ2v) is 12.7. The molecule has 0 aromatic heterocycles. The third-order valence-corrected chi connectivity index (χ3v) is 12.0. The van der Waals surface area contributed by atoms with Gasteiger partial charge in [-0.15, -0.1) is 0 Å². The third-order valence-electron chi connectivity index (χ3n) is 12.0. The molecule has 31 heavy (non-hydrogen) atoms. The number of rotatable bonds is 6. The van der Waals surface area contributed by atoms with Gasteiger partial charge in [0, 0.05) is 18.1 Å². The molecular weight excluding hydrogens is 384 g/mol. The van der Waals surface area contributed by atoms with Gasteiger partial charge in [-0.25, -0.2) is 4.79 Å². The van der Waals surface area contributed by atoms with Gasteiger partial charge in [0.05, 0.1) is 6.10 Å². The van der Waals surface area contributed by atoms with Crippen molar-refractivity contribution in [2.45, 2.75) is 98.0 Å². The first-order valence-corrected chi connectivity index (χ1v) is 13.1. The molecule has 1 spiro atoms. The number of carboxylic acid groups (broad SMARTS) is 1. The normalized spacial score (nSPS) is 51.5. The minimum atomic E-state index is -0.778. The summed E-state index contributed by atoms with van der Waals surface area (Å²) < 4.78 is 6.26. The van der Waals surface area contributed by atoms with Crippen molar-refractivity contribution in [1.29, 1.82) is 0 Å². The Kier molecular flexibility index (Phi) is 5.20. The average Bonchev–Trinajstić information content (AvgIpc) is 3.24. The topological polar surface area (TPSA) is 46.5 Å². The summed E-state index contributed by atoms with van der Waals surface area (Å²) in [5, 5.41) is 9.13. The highest BCUT2D eigenvalue weighted by Crippen LogP contribution is 2.82. The van der Waals surface area contributed by atoms with Crippen molar-refractivity contribution in [2.24, 2.45) is 51.8 Å². The van der Waals surface area contributed by atoms with E-state index in [2.05, 4.69) is 20.8 Å². The molecule has 5 aliphatic carbocycles. The Morgan fingerprint density at radius 1 is 1.16 bits per heavy atom. The molecule has 5 aliphatic rings. The van der Waals surface area contributed by atoms with Gasteiger partial charge in [-0.3, -0.25) is 0 Å². The van der Waals surface area contributed by atoms with Crippen LogP contribution in [-0.4, -0.2) is 24.3 Å². The molecule has 3 nitrogen and oxygen atoms in total. The first kappa shape index (κ1) is 22.0. The summed E-state index contributed by atoms with van der Waals surface area (Å²) in [5.41, 5.74) is 2.00. The lowest BCUT2D eigenvalue weighted by atomic mass is 9.45. The number of allylic oxidation sites excluding steroid dienone is 1. The minimum absolute atomic E-state index is 0.465. The summed E-state index contributed by atoms with van der Waals surface area (Å²) in [7, 11) is 1.99. The van der Waals surface area contributed by atoms with Crippen LogP contribution >= 0.6 is 0 Å². The lowest BCUT2D eigenvalue weighted by Crippen LogP contribution is -2.57. The molecule has 0 aliphatic heterocycles. The number of hydrogen-bond acceptors (Lipinski definition) is 2. The summed E-state index contributed by atoms with van der Waals surface area (Å²) in [6, 6.07) is 0. The van der Waals surface area contributed by atoms with Gasteiger partial charge in [0.15, 0.2) is 0 Å². The fourth-order valence-corrected chi connectivity index (χ4v) is 10.4. The zero-order valence-electron chi connectivity index (χ0n) is 20.5. The molecule has 10 atom stereocenters. The van der Waals surface area contributed by atoms with Crippen LogP contribution in [-0.2, 0) is 9.53 Å². The van der Waals surface area contributed by atoms with Crippen LogP contribution in [0.15, 0.2) is 11.6 Å². The SMILES string of the molecule is CO[C@@H]1C[C@H]2[C@@H]3CC[C@H]([C@H](C)CC/C=C(\C)C(=O)O)[C@@]3(C)CC[C@@H]2[C@@]2(C)CC[C@@H]3C[C@]312. The Bertz CT molecular complexity index is 772. The number of hydrogen-bond donors (Lipinski definition) is 1. The van der Waals surface area contributed by atoms with Gasteiger partial charge in [-0.05, 0) is 117 Å². The lowest BCUT2D eigenvalue weighted by Gasteiger charge is -2.61. The fraction of sp³-hybridized carbons (Fsp3) is 0.893. The predicted molar refractivity (Wildman–Crippen MR) is 124 cm³/mol. The number of fused-ring (bicyclic) bond motifs is 4. The maximum absolute atomic E-state index is 11.1. The van der Waals surface area contributed by atoms with Gasteiger partial charge in [-0.1, -0.05) is 26.8 Å². The fourth-order valence-electron chi connectivity index (χ4n) is 10.4. The van der Waals surface area contributed by atoms with E-state index in [1.165, 1.54) is 51.4 Å². The Hall–Kier alpha value is -0.830. The number of aliphatic carboxylic acids is 1. The molecule has 0 aromatic rings. The van der Waals surface area contributed by atoms with Gasteiger partial charge in [-0.2, -0.15) is 0 Å². The first-order chi connectivity index (χ1) is 14.7. The van der Waals surface area contributed by atoms with Gasteiger partial charge in [0.2, 0.25) is 0 Å². The van der Waals surface area contributed by atoms with Crippen LogP contribution in [0.2, 0.25) is 0 Å². The maximum atomic E-state index is 11.1. The molecule has 5 rings (SSSR count). The Morgan fingerprint density at radius 3 is 2.61 bits per heavy atom. The number of ether oxygens (including phenoxy) is 1. The van der Waals surface area contributed by atoms with Crippen LogP contribution in [0.4, 0.5) is 0 Å². The lowest BCUT2D eigenvalue weighted by molar-refractivity contribution is -0.161. The number of carboxylic acids is 1. The van der Waals surface area contributed by atoms with Crippen molar-refractivity contribution in [3.63, 3.8) is 0 Å². The molecule has 0 saturated heterocycles. The highest BCUT2D eigenvalue weighted by atomic mass is 16.5. The van der Waals surface area contributed by atoms with E-state index in [4.69, 9.17) is 9.84 Å². The molecule has 174 valence electrons. The summed E-state index contributed by atoms with van der Waals surface area (Å²) in [4.78, 5) is 11.1. The van der Waals surface area contributed by atoms with Crippen molar-refractivity contribution in [2.75, 3.05) is 7.11 Å². The summed E-state index contributed by atoms with van der Waals surface area (Å²) in [6.45, 7) is 9.45. The van der Waals surface area contributed by atoms with Crippen molar-refractivity contribution in [3.05, 3.63) is 11.6 Å². The molecule has 0 radical (unpaired) electrons. The molecular formula is C28H44O3. The van der Waals surface area contributed by atoms with Crippen molar-refractivity contribution in [3.8, 4) is 0 Å². The van der Waals surface area contributed by atoms with Crippen molar-refractivity contribution in [1.82, 2.24) is 0 Å². The molecule has 1 N–H and O–H groups in total. The largest absolute Gasteiger partial charge is 0.478 e. The molecule has 5 fully saturated rings.